The number of para-hydroxylation sites is 2. The van der Waals surface area contributed by atoms with E-state index in [1.165, 1.54) is 18.4 Å². The molecule has 1 aliphatic carbocycles. The summed E-state index contributed by atoms with van der Waals surface area (Å²) >= 11 is 0. The normalized spacial score (nSPS) is 14.1. The van der Waals surface area contributed by atoms with E-state index in [-0.39, 0.29) is 5.91 Å². The Morgan fingerprint density at radius 2 is 2.10 bits per heavy atom. The number of nitrogens with zero attached hydrogens (tertiary/aromatic N) is 1. The molecule has 0 atom stereocenters. The van der Waals surface area contributed by atoms with Crippen LogP contribution in [0.15, 0.2) is 46.9 Å². The molecule has 0 bridgehead atoms. The number of carbonyl (C=O) groups excluding carboxylic acids is 1. The van der Waals surface area contributed by atoms with Crippen molar-refractivity contribution in [2.45, 2.75) is 39.5 Å². The quantitative estimate of drug-likeness (QED) is 0.414. The maximum absolute atomic E-state index is 12.7. The van der Waals surface area contributed by atoms with Crippen LogP contribution in [0.1, 0.15) is 43.6 Å². The molecule has 5 rings (SSSR count). The van der Waals surface area contributed by atoms with Crippen LogP contribution in [0.2, 0.25) is 0 Å². The highest BCUT2D eigenvalue weighted by Gasteiger charge is 2.20. The first kappa shape index (κ1) is 19.4. The number of H-pyrrole nitrogens is 1. The summed E-state index contributed by atoms with van der Waals surface area (Å²) in [5.41, 5.74) is 5.58. The highest BCUT2D eigenvalue weighted by Crippen LogP contribution is 2.38. The van der Waals surface area contributed by atoms with Crippen LogP contribution < -0.4 is 10.1 Å². The second kappa shape index (κ2) is 7.95. The molecule has 1 aliphatic rings. The van der Waals surface area contributed by atoms with E-state index in [1.807, 2.05) is 44.2 Å². The first-order valence-electron chi connectivity index (χ1n) is 10.8. The van der Waals surface area contributed by atoms with Crippen molar-refractivity contribution in [1.29, 1.82) is 0 Å². The van der Waals surface area contributed by atoms with E-state index >= 15 is 0 Å². The van der Waals surface area contributed by atoms with Gasteiger partial charge in [-0.05, 0) is 56.9 Å². The molecule has 0 spiro atoms. The lowest BCUT2D eigenvalue weighted by atomic mass is 9.94. The van der Waals surface area contributed by atoms with Gasteiger partial charge >= 0.3 is 0 Å². The van der Waals surface area contributed by atoms with Crippen LogP contribution in [0.3, 0.4) is 0 Å². The van der Waals surface area contributed by atoms with Crippen LogP contribution in [-0.4, -0.2) is 22.5 Å². The molecule has 0 aliphatic heterocycles. The lowest BCUT2D eigenvalue weighted by Crippen LogP contribution is -2.10. The van der Waals surface area contributed by atoms with E-state index in [0.29, 0.717) is 12.6 Å². The number of aromatic nitrogens is 2. The molecule has 6 nitrogen and oxygen atoms in total. The van der Waals surface area contributed by atoms with Crippen molar-refractivity contribution in [1.82, 2.24) is 9.97 Å². The Hall–Kier alpha value is -3.54. The predicted molar refractivity (Wildman–Crippen MR) is 122 cm³/mol. The van der Waals surface area contributed by atoms with E-state index in [1.54, 1.807) is 6.08 Å². The number of benzene rings is 2. The van der Waals surface area contributed by atoms with Crippen molar-refractivity contribution >= 4 is 39.4 Å². The van der Waals surface area contributed by atoms with E-state index in [2.05, 4.69) is 21.4 Å². The fourth-order valence-electron chi connectivity index (χ4n) is 4.31. The number of rotatable bonds is 5. The van der Waals surface area contributed by atoms with Crippen molar-refractivity contribution in [3.63, 3.8) is 0 Å². The lowest BCUT2D eigenvalue weighted by molar-refractivity contribution is -0.111. The fraction of sp³-hybridized carbons (Fsp3) is 0.280. The van der Waals surface area contributed by atoms with Gasteiger partial charge in [0, 0.05) is 35.1 Å². The van der Waals surface area contributed by atoms with Crippen molar-refractivity contribution in [2.24, 2.45) is 0 Å². The van der Waals surface area contributed by atoms with E-state index < -0.39 is 0 Å². The summed E-state index contributed by atoms with van der Waals surface area (Å²) in [6, 6.07) is 11.7. The third-order valence-corrected chi connectivity index (χ3v) is 5.76. The topological polar surface area (TPSA) is 80.2 Å². The predicted octanol–water partition coefficient (Wildman–Crippen LogP) is 5.63. The van der Waals surface area contributed by atoms with Gasteiger partial charge in [0.25, 0.3) is 5.91 Å². The number of hydrogen-bond acceptors (Lipinski definition) is 4. The van der Waals surface area contributed by atoms with Crippen molar-refractivity contribution < 1.29 is 13.9 Å². The lowest BCUT2D eigenvalue weighted by Gasteiger charge is -2.12. The first-order chi connectivity index (χ1) is 15.1. The highest BCUT2D eigenvalue weighted by atomic mass is 16.5. The van der Waals surface area contributed by atoms with Gasteiger partial charge in [-0.25, -0.2) is 4.98 Å². The Morgan fingerprint density at radius 3 is 2.94 bits per heavy atom. The summed E-state index contributed by atoms with van der Waals surface area (Å²) in [7, 11) is 0. The molecule has 2 N–H and O–H groups in total. The van der Waals surface area contributed by atoms with Crippen LogP contribution >= 0.6 is 0 Å². The largest absolute Gasteiger partial charge is 0.493 e. The highest BCUT2D eigenvalue weighted by molar-refractivity contribution is 6.04. The Bertz CT molecular complexity index is 1280. The number of aryl methyl sites for hydroxylation is 2. The zero-order valence-electron chi connectivity index (χ0n) is 17.7. The number of nitrogens with one attached hydrogen (secondary N) is 2. The van der Waals surface area contributed by atoms with Crippen LogP contribution in [0.4, 0.5) is 5.95 Å². The number of allylic oxidation sites excluding steroid dienone is 1. The van der Waals surface area contributed by atoms with Crippen molar-refractivity contribution in [3.05, 3.63) is 59.4 Å². The monoisotopic (exact) mass is 415 g/mol. The van der Waals surface area contributed by atoms with Crippen LogP contribution in [0.25, 0.3) is 27.6 Å². The summed E-state index contributed by atoms with van der Waals surface area (Å²) in [5, 5.41) is 3.95. The van der Waals surface area contributed by atoms with E-state index in [4.69, 9.17) is 9.15 Å². The number of aromatic amines is 1. The van der Waals surface area contributed by atoms with E-state index in [9.17, 15) is 4.79 Å². The van der Waals surface area contributed by atoms with Crippen LogP contribution in [-0.2, 0) is 17.6 Å². The summed E-state index contributed by atoms with van der Waals surface area (Å²) in [4.78, 5) is 20.2. The van der Waals surface area contributed by atoms with Crippen LogP contribution in [0.5, 0.6) is 5.75 Å². The molecule has 2 aromatic carbocycles. The maximum atomic E-state index is 12.7. The van der Waals surface area contributed by atoms with Gasteiger partial charge in [-0.1, -0.05) is 12.1 Å². The molecule has 0 saturated heterocycles. The summed E-state index contributed by atoms with van der Waals surface area (Å²) in [6.45, 7) is 4.42. The molecule has 4 aromatic rings. The fourth-order valence-corrected chi connectivity index (χ4v) is 4.31. The number of amides is 1. The number of anilines is 1. The number of fused-ring (bicyclic) bond motifs is 4. The van der Waals surface area contributed by atoms with Gasteiger partial charge in [-0.15, -0.1) is 0 Å². The molecule has 0 fully saturated rings. The maximum Gasteiger partial charge on any atom is 0.250 e. The molecule has 2 heterocycles. The van der Waals surface area contributed by atoms with Gasteiger partial charge in [0.05, 0.1) is 17.6 Å². The number of carbonyl (C=O) groups is 1. The van der Waals surface area contributed by atoms with E-state index in [0.717, 1.165) is 57.5 Å². The van der Waals surface area contributed by atoms with Gasteiger partial charge in [-0.2, -0.15) is 0 Å². The summed E-state index contributed by atoms with van der Waals surface area (Å²) in [6.07, 6.45) is 5.95. The molecule has 0 unspecified atom stereocenters. The Kier molecular flexibility index (Phi) is 4.98. The molecule has 2 aromatic heterocycles. The van der Waals surface area contributed by atoms with Gasteiger partial charge in [-0.3, -0.25) is 10.1 Å². The van der Waals surface area contributed by atoms with Crippen molar-refractivity contribution in [3.8, 4) is 5.75 Å². The molecule has 6 heteroatoms. The van der Waals surface area contributed by atoms with Gasteiger partial charge in [0.2, 0.25) is 5.95 Å². The number of imidazole rings is 1. The molecular formula is C25H25N3O3. The average Bonchev–Trinajstić information content (AvgIpc) is 3.33. The molecule has 0 radical (unpaired) electrons. The molecule has 31 heavy (non-hydrogen) atoms. The zero-order valence-corrected chi connectivity index (χ0v) is 17.7. The minimum atomic E-state index is -0.242. The number of furan rings is 1. The van der Waals surface area contributed by atoms with Gasteiger partial charge in [0.15, 0.2) is 0 Å². The Balaban J connectivity index is 1.47. The standard InChI is InChI=1S/C25H25N3O3/c1-3-30-22-14-23-18(16-8-4-7-11-21(16)31-23)13-17(22)15(2)12-24(29)28-25-26-19-9-5-6-10-20(19)27-25/h5-6,9-10,12-14H,3-4,7-8,11H2,1-2H3,(H2,26,27,28,29)/b15-12+. The summed E-state index contributed by atoms with van der Waals surface area (Å²) < 4.78 is 12.0. The molecule has 1 amide bonds. The minimum absolute atomic E-state index is 0.242. The second-order valence-corrected chi connectivity index (χ2v) is 7.91. The second-order valence-electron chi connectivity index (χ2n) is 7.91. The number of ether oxygens (including phenoxy) is 1. The van der Waals surface area contributed by atoms with Crippen molar-refractivity contribution in [2.75, 3.05) is 11.9 Å². The molecule has 0 saturated carbocycles. The Morgan fingerprint density at radius 1 is 1.26 bits per heavy atom. The van der Waals surface area contributed by atoms with Gasteiger partial charge in [0.1, 0.15) is 17.1 Å². The Labute approximate surface area is 180 Å². The average molecular weight is 415 g/mol. The zero-order chi connectivity index (χ0) is 21.4. The minimum Gasteiger partial charge on any atom is -0.493 e. The molecule has 158 valence electrons. The first-order valence-corrected chi connectivity index (χ1v) is 10.8. The van der Waals surface area contributed by atoms with Gasteiger partial charge < -0.3 is 14.1 Å². The smallest absolute Gasteiger partial charge is 0.250 e. The summed E-state index contributed by atoms with van der Waals surface area (Å²) in [5.74, 6) is 2.00. The SMILES string of the molecule is CCOc1cc2oc3c(c2cc1/C(C)=C/C(=O)Nc1nc2ccccc2[nH]1)CCCC3. The third-order valence-electron chi connectivity index (χ3n) is 5.76. The molecular weight excluding hydrogens is 390 g/mol. The van der Waals surface area contributed by atoms with Crippen LogP contribution in [0, 0.1) is 0 Å². The third kappa shape index (κ3) is 3.69. The number of hydrogen-bond donors (Lipinski definition) is 2.